The number of carbonyl (C=O) groups is 1. The second-order valence-electron chi connectivity index (χ2n) is 3.50. The Kier molecular flexibility index (Phi) is 3.24. The summed E-state index contributed by atoms with van der Waals surface area (Å²) in [5.41, 5.74) is 5.62. The second-order valence-corrected chi connectivity index (χ2v) is 3.50. The fourth-order valence-corrected chi connectivity index (χ4v) is 0.949. The van der Waals surface area contributed by atoms with Crippen molar-refractivity contribution in [1.29, 1.82) is 0 Å². The molecule has 2 unspecified atom stereocenters. The highest BCUT2D eigenvalue weighted by molar-refractivity contribution is 5.91. The van der Waals surface area contributed by atoms with E-state index >= 15 is 0 Å². The molecule has 1 heterocycles. The van der Waals surface area contributed by atoms with Crippen molar-refractivity contribution in [2.45, 2.75) is 19.9 Å². The molecule has 5 heteroatoms. The molecule has 0 aromatic carbocycles. The van der Waals surface area contributed by atoms with Gasteiger partial charge >= 0.3 is 0 Å². The molecular formula is C9H16N4O. The quantitative estimate of drug-likeness (QED) is 0.732. The van der Waals surface area contributed by atoms with Crippen LogP contribution in [0, 0.1) is 5.92 Å². The van der Waals surface area contributed by atoms with Gasteiger partial charge in [-0.15, -0.1) is 0 Å². The van der Waals surface area contributed by atoms with Crippen molar-refractivity contribution in [3.05, 3.63) is 12.4 Å². The number of hydrogen-bond donors (Lipinski definition) is 2. The molecule has 0 aliphatic rings. The van der Waals surface area contributed by atoms with Crippen molar-refractivity contribution >= 4 is 11.9 Å². The van der Waals surface area contributed by atoms with Crippen molar-refractivity contribution in [3.63, 3.8) is 0 Å². The molecule has 0 radical (unpaired) electrons. The highest BCUT2D eigenvalue weighted by atomic mass is 16.2. The number of carbonyl (C=O) groups excluding carboxylic acids is 1. The number of imidazole rings is 1. The van der Waals surface area contributed by atoms with Crippen LogP contribution in [-0.2, 0) is 11.8 Å². The summed E-state index contributed by atoms with van der Waals surface area (Å²) in [6.45, 7) is 3.60. The van der Waals surface area contributed by atoms with Crippen molar-refractivity contribution < 1.29 is 4.79 Å². The van der Waals surface area contributed by atoms with Crippen LogP contribution in [0.3, 0.4) is 0 Å². The normalized spacial score (nSPS) is 14.9. The predicted octanol–water partition coefficient (Wildman–Crippen LogP) is 0.342. The van der Waals surface area contributed by atoms with Crippen molar-refractivity contribution in [2.24, 2.45) is 18.7 Å². The first kappa shape index (κ1) is 10.7. The smallest absolute Gasteiger partial charge is 0.231 e. The maximum atomic E-state index is 11.6. The fourth-order valence-electron chi connectivity index (χ4n) is 0.949. The van der Waals surface area contributed by atoms with E-state index in [1.807, 2.05) is 14.0 Å². The molecule has 0 saturated carbocycles. The molecule has 5 nitrogen and oxygen atoms in total. The largest absolute Gasteiger partial charge is 0.327 e. The number of amides is 1. The molecule has 2 atom stereocenters. The van der Waals surface area contributed by atoms with E-state index in [1.54, 1.807) is 23.9 Å². The van der Waals surface area contributed by atoms with Gasteiger partial charge in [-0.05, 0) is 6.92 Å². The summed E-state index contributed by atoms with van der Waals surface area (Å²) in [6.07, 6.45) is 3.40. The Morgan fingerprint density at radius 3 is 2.71 bits per heavy atom. The molecule has 0 spiro atoms. The first-order chi connectivity index (χ1) is 6.52. The summed E-state index contributed by atoms with van der Waals surface area (Å²) in [4.78, 5) is 15.5. The number of nitrogens with zero attached hydrogens (tertiary/aromatic N) is 2. The van der Waals surface area contributed by atoms with E-state index in [9.17, 15) is 4.79 Å². The Labute approximate surface area is 83.3 Å². The summed E-state index contributed by atoms with van der Waals surface area (Å²) in [5, 5.41) is 2.70. The summed E-state index contributed by atoms with van der Waals surface area (Å²) in [7, 11) is 1.82. The van der Waals surface area contributed by atoms with E-state index in [1.165, 1.54) is 0 Å². The minimum atomic E-state index is -0.216. The highest BCUT2D eigenvalue weighted by Gasteiger charge is 2.17. The molecule has 3 N–H and O–H groups in total. The van der Waals surface area contributed by atoms with Crippen LogP contribution in [0.1, 0.15) is 13.8 Å². The third-order valence-corrected chi connectivity index (χ3v) is 2.26. The van der Waals surface area contributed by atoms with Crippen LogP contribution in [0.25, 0.3) is 0 Å². The molecule has 1 aromatic heterocycles. The molecule has 0 bridgehead atoms. The minimum absolute atomic E-state index is 0.102. The Hall–Kier alpha value is -1.36. The van der Waals surface area contributed by atoms with Crippen LogP contribution in [0.2, 0.25) is 0 Å². The SMILES string of the molecule is CC(N)C(C)C(=O)Nc1nccn1C. The van der Waals surface area contributed by atoms with Gasteiger partial charge in [0.1, 0.15) is 0 Å². The highest BCUT2D eigenvalue weighted by Crippen LogP contribution is 2.06. The summed E-state index contributed by atoms with van der Waals surface area (Å²) >= 11 is 0. The van der Waals surface area contributed by atoms with Crippen LogP contribution >= 0.6 is 0 Å². The molecule has 1 amide bonds. The Bertz CT molecular complexity index is 318. The maximum Gasteiger partial charge on any atom is 0.231 e. The van der Waals surface area contributed by atoms with Gasteiger partial charge in [0.15, 0.2) is 0 Å². The van der Waals surface area contributed by atoms with Gasteiger partial charge < -0.3 is 10.3 Å². The van der Waals surface area contributed by atoms with E-state index in [0.717, 1.165) is 0 Å². The topological polar surface area (TPSA) is 72.9 Å². The molecule has 78 valence electrons. The maximum absolute atomic E-state index is 11.6. The first-order valence-corrected chi connectivity index (χ1v) is 4.56. The van der Waals surface area contributed by atoms with Crippen LogP contribution in [0.5, 0.6) is 0 Å². The van der Waals surface area contributed by atoms with E-state index in [-0.39, 0.29) is 17.9 Å². The average Bonchev–Trinajstić information content (AvgIpc) is 2.50. The lowest BCUT2D eigenvalue weighted by atomic mass is 10.0. The first-order valence-electron chi connectivity index (χ1n) is 4.56. The monoisotopic (exact) mass is 196 g/mol. The summed E-state index contributed by atoms with van der Waals surface area (Å²) < 4.78 is 1.74. The third-order valence-electron chi connectivity index (χ3n) is 2.26. The molecule has 0 fully saturated rings. The molecule has 0 aliphatic carbocycles. The standard InChI is InChI=1S/C9H16N4O/c1-6(7(2)10)8(14)12-9-11-4-5-13(9)3/h4-7H,10H2,1-3H3,(H,11,12,14). The van der Waals surface area contributed by atoms with Crippen LogP contribution in [0.4, 0.5) is 5.95 Å². The number of aryl methyl sites for hydroxylation is 1. The van der Waals surface area contributed by atoms with Gasteiger partial charge in [-0.1, -0.05) is 6.92 Å². The van der Waals surface area contributed by atoms with Crippen LogP contribution in [0.15, 0.2) is 12.4 Å². The zero-order valence-electron chi connectivity index (χ0n) is 8.69. The van der Waals surface area contributed by atoms with Gasteiger partial charge in [0.05, 0.1) is 5.92 Å². The molecular weight excluding hydrogens is 180 g/mol. The van der Waals surface area contributed by atoms with Crippen molar-refractivity contribution in [2.75, 3.05) is 5.32 Å². The minimum Gasteiger partial charge on any atom is -0.327 e. The number of hydrogen-bond acceptors (Lipinski definition) is 3. The third kappa shape index (κ3) is 2.32. The zero-order chi connectivity index (χ0) is 10.7. The zero-order valence-corrected chi connectivity index (χ0v) is 8.69. The van der Waals surface area contributed by atoms with Gasteiger partial charge in [0, 0.05) is 25.5 Å². The van der Waals surface area contributed by atoms with E-state index < -0.39 is 0 Å². The van der Waals surface area contributed by atoms with E-state index in [4.69, 9.17) is 5.73 Å². The van der Waals surface area contributed by atoms with Gasteiger partial charge in [0.2, 0.25) is 11.9 Å². The van der Waals surface area contributed by atoms with Crippen molar-refractivity contribution in [3.8, 4) is 0 Å². The van der Waals surface area contributed by atoms with Gasteiger partial charge in [-0.3, -0.25) is 10.1 Å². The number of anilines is 1. The summed E-state index contributed by atoms with van der Waals surface area (Å²) in [6, 6.07) is -0.157. The lowest BCUT2D eigenvalue weighted by Crippen LogP contribution is -2.34. The van der Waals surface area contributed by atoms with Crippen LogP contribution in [-0.4, -0.2) is 21.5 Å². The molecule has 1 aromatic rings. The van der Waals surface area contributed by atoms with E-state index in [0.29, 0.717) is 5.95 Å². The average molecular weight is 196 g/mol. The Balaban J connectivity index is 2.62. The van der Waals surface area contributed by atoms with Gasteiger partial charge in [-0.2, -0.15) is 0 Å². The van der Waals surface area contributed by atoms with Gasteiger partial charge in [-0.25, -0.2) is 4.98 Å². The molecule has 0 aliphatic heterocycles. The number of rotatable bonds is 3. The van der Waals surface area contributed by atoms with Crippen molar-refractivity contribution in [1.82, 2.24) is 9.55 Å². The fraction of sp³-hybridized carbons (Fsp3) is 0.556. The Morgan fingerprint density at radius 2 is 2.29 bits per heavy atom. The van der Waals surface area contributed by atoms with E-state index in [2.05, 4.69) is 10.3 Å². The lowest BCUT2D eigenvalue weighted by molar-refractivity contribution is -0.119. The molecule has 14 heavy (non-hydrogen) atoms. The van der Waals surface area contributed by atoms with Crippen LogP contribution < -0.4 is 11.1 Å². The predicted molar refractivity (Wildman–Crippen MR) is 54.7 cm³/mol. The second kappa shape index (κ2) is 4.23. The summed E-state index contributed by atoms with van der Waals surface area (Å²) in [5.74, 6) is 0.225. The molecule has 0 saturated heterocycles. The number of nitrogens with one attached hydrogen (secondary N) is 1. The number of nitrogens with two attached hydrogens (primary N) is 1. The van der Waals surface area contributed by atoms with Gasteiger partial charge in [0.25, 0.3) is 0 Å². The number of aromatic nitrogens is 2. The lowest BCUT2D eigenvalue weighted by Gasteiger charge is -2.14. The molecule has 1 rings (SSSR count). The Morgan fingerprint density at radius 1 is 1.64 bits per heavy atom.